The molecule has 1 aromatic carbocycles. The number of hydrogen-bond donors (Lipinski definition) is 1. The van der Waals surface area contributed by atoms with Gasteiger partial charge in [0.2, 0.25) is 0 Å². The Morgan fingerprint density at radius 1 is 1.57 bits per heavy atom. The van der Waals surface area contributed by atoms with E-state index >= 15 is 0 Å². The van der Waals surface area contributed by atoms with E-state index in [0.29, 0.717) is 6.04 Å². The van der Waals surface area contributed by atoms with Crippen molar-refractivity contribution in [2.75, 3.05) is 7.05 Å². The van der Waals surface area contributed by atoms with E-state index < -0.39 is 0 Å². The molecule has 1 aromatic rings. The molecular formula is C12H14IN. The van der Waals surface area contributed by atoms with Crippen LogP contribution in [0.1, 0.15) is 24.4 Å². The minimum absolute atomic E-state index is 0.376. The van der Waals surface area contributed by atoms with Gasteiger partial charge in [-0.3, -0.25) is 0 Å². The molecule has 0 aliphatic carbocycles. The smallest absolute Gasteiger partial charge is 0.0326 e. The van der Waals surface area contributed by atoms with Gasteiger partial charge in [0.1, 0.15) is 0 Å². The van der Waals surface area contributed by atoms with Crippen LogP contribution in [0.5, 0.6) is 0 Å². The van der Waals surface area contributed by atoms with E-state index in [1.54, 1.807) is 0 Å². The highest BCUT2D eigenvalue weighted by molar-refractivity contribution is 14.1. The number of nitrogens with one attached hydrogen (secondary N) is 1. The van der Waals surface area contributed by atoms with Crippen molar-refractivity contribution in [3.8, 4) is 12.3 Å². The molecule has 1 unspecified atom stereocenters. The van der Waals surface area contributed by atoms with Gasteiger partial charge in [0, 0.05) is 16.0 Å². The zero-order valence-electron chi connectivity index (χ0n) is 8.26. The quantitative estimate of drug-likeness (QED) is 0.666. The Labute approximate surface area is 99.4 Å². The third-order valence-corrected chi connectivity index (χ3v) is 2.85. The standard InChI is InChI=1S/C12H14IN/c1-3-4-8-12(14-2)10-6-5-7-11(13)9-10/h1,5-7,9,12,14H,4,8H2,2H3. The van der Waals surface area contributed by atoms with Gasteiger partial charge in [0.05, 0.1) is 0 Å². The predicted molar refractivity (Wildman–Crippen MR) is 69.0 cm³/mol. The van der Waals surface area contributed by atoms with Crippen molar-refractivity contribution >= 4 is 22.6 Å². The van der Waals surface area contributed by atoms with Crippen molar-refractivity contribution in [1.29, 1.82) is 0 Å². The molecule has 1 rings (SSSR count). The predicted octanol–water partition coefficient (Wildman–Crippen LogP) is 2.97. The molecular weight excluding hydrogens is 285 g/mol. The van der Waals surface area contributed by atoms with Gasteiger partial charge < -0.3 is 5.32 Å². The zero-order chi connectivity index (χ0) is 10.4. The van der Waals surface area contributed by atoms with Gasteiger partial charge in [-0.15, -0.1) is 12.3 Å². The molecule has 1 N–H and O–H groups in total. The van der Waals surface area contributed by atoms with Crippen LogP contribution in [-0.4, -0.2) is 7.05 Å². The second kappa shape index (κ2) is 6.05. The van der Waals surface area contributed by atoms with Crippen molar-refractivity contribution in [1.82, 2.24) is 5.32 Å². The van der Waals surface area contributed by atoms with Gasteiger partial charge in [-0.1, -0.05) is 12.1 Å². The maximum Gasteiger partial charge on any atom is 0.0326 e. The van der Waals surface area contributed by atoms with Crippen LogP contribution in [0.2, 0.25) is 0 Å². The molecule has 0 aliphatic rings. The third-order valence-electron chi connectivity index (χ3n) is 2.18. The van der Waals surface area contributed by atoms with Crippen LogP contribution in [0.4, 0.5) is 0 Å². The minimum Gasteiger partial charge on any atom is -0.313 e. The van der Waals surface area contributed by atoms with Crippen molar-refractivity contribution < 1.29 is 0 Å². The van der Waals surface area contributed by atoms with Crippen molar-refractivity contribution in [3.63, 3.8) is 0 Å². The van der Waals surface area contributed by atoms with E-state index in [9.17, 15) is 0 Å². The Hall–Kier alpha value is -0.530. The van der Waals surface area contributed by atoms with E-state index in [4.69, 9.17) is 6.42 Å². The molecule has 0 heterocycles. The van der Waals surface area contributed by atoms with Crippen LogP contribution in [0.15, 0.2) is 24.3 Å². The van der Waals surface area contributed by atoms with E-state index in [1.165, 1.54) is 9.13 Å². The van der Waals surface area contributed by atoms with Gasteiger partial charge in [0.25, 0.3) is 0 Å². The van der Waals surface area contributed by atoms with Crippen LogP contribution in [0, 0.1) is 15.9 Å². The summed E-state index contributed by atoms with van der Waals surface area (Å²) >= 11 is 2.32. The van der Waals surface area contributed by atoms with Gasteiger partial charge >= 0.3 is 0 Å². The average Bonchev–Trinajstić information content (AvgIpc) is 2.19. The second-order valence-corrected chi connectivity index (χ2v) is 4.38. The molecule has 0 bridgehead atoms. The lowest BCUT2D eigenvalue weighted by molar-refractivity contribution is 0.558. The van der Waals surface area contributed by atoms with Gasteiger partial charge in [-0.2, -0.15) is 0 Å². The third kappa shape index (κ3) is 3.32. The topological polar surface area (TPSA) is 12.0 Å². The molecule has 0 aliphatic heterocycles. The van der Waals surface area contributed by atoms with Gasteiger partial charge in [-0.25, -0.2) is 0 Å². The molecule has 0 saturated carbocycles. The van der Waals surface area contributed by atoms with E-state index in [1.807, 2.05) is 7.05 Å². The monoisotopic (exact) mass is 299 g/mol. The summed E-state index contributed by atoms with van der Waals surface area (Å²) in [6.07, 6.45) is 7.07. The maximum atomic E-state index is 5.26. The molecule has 0 saturated heterocycles. The molecule has 1 atom stereocenters. The summed E-state index contributed by atoms with van der Waals surface area (Å²) < 4.78 is 1.26. The van der Waals surface area contributed by atoms with Crippen molar-refractivity contribution in [2.24, 2.45) is 0 Å². The molecule has 0 spiro atoms. The van der Waals surface area contributed by atoms with Crippen LogP contribution in [0.25, 0.3) is 0 Å². The summed E-state index contributed by atoms with van der Waals surface area (Å²) in [4.78, 5) is 0. The first-order chi connectivity index (χ1) is 6.77. The Morgan fingerprint density at radius 2 is 2.36 bits per heavy atom. The average molecular weight is 299 g/mol. The van der Waals surface area contributed by atoms with Gasteiger partial charge in [-0.05, 0) is 53.8 Å². The first kappa shape index (κ1) is 11.5. The van der Waals surface area contributed by atoms with Crippen LogP contribution in [0.3, 0.4) is 0 Å². The van der Waals surface area contributed by atoms with Gasteiger partial charge in [0.15, 0.2) is 0 Å². The van der Waals surface area contributed by atoms with E-state index in [0.717, 1.165) is 12.8 Å². The fraction of sp³-hybridized carbons (Fsp3) is 0.333. The largest absolute Gasteiger partial charge is 0.313 e. The molecule has 0 fully saturated rings. The molecule has 2 heteroatoms. The fourth-order valence-corrected chi connectivity index (χ4v) is 2.00. The summed E-state index contributed by atoms with van der Waals surface area (Å²) in [6, 6.07) is 8.88. The Balaban J connectivity index is 2.74. The lowest BCUT2D eigenvalue weighted by Gasteiger charge is -2.15. The molecule has 0 aromatic heterocycles. The highest BCUT2D eigenvalue weighted by Gasteiger charge is 2.07. The number of terminal acetylenes is 1. The number of hydrogen-bond acceptors (Lipinski definition) is 1. The Bertz CT molecular complexity index is 327. The minimum atomic E-state index is 0.376. The number of rotatable bonds is 4. The molecule has 0 amide bonds. The van der Waals surface area contributed by atoms with Crippen LogP contribution >= 0.6 is 22.6 Å². The highest BCUT2D eigenvalue weighted by Crippen LogP contribution is 2.19. The van der Waals surface area contributed by atoms with Crippen molar-refractivity contribution in [3.05, 3.63) is 33.4 Å². The zero-order valence-corrected chi connectivity index (χ0v) is 10.4. The summed E-state index contributed by atoms with van der Waals surface area (Å²) in [7, 11) is 1.97. The Kier molecular flexibility index (Phi) is 4.99. The normalized spacial score (nSPS) is 12.1. The molecule has 14 heavy (non-hydrogen) atoms. The first-order valence-corrected chi connectivity index (χ1v) is 5.72. The van der Waals surface area contributed by atoms with E-state index in [2.05, 4.69) is 58.1 Å². The van der Waals surface area contributed by atoms with Crippen LogP contribution in [-0.2, 0) is 0 Å². The summed E-state index contributed by atoms with van der Waals surface area (Å²) in [6.45, 7) is 0. The molecule has 74 valence electrons. The molecule has 0 radical (unpaired) electrons. The van der Waals surface area contributed by atoms with Crippen LogP contribution < -0.4 is 5.32 Å². The highest BCUT2D eigenvalue weighted by atomic mass is 127. The van der Waals surface area contributed by atoms with E-state index in [-0.39, 0.29) is 0 Å². The SMILES string of the molecule is C#CCCC(NC)c1cccc(I)c1. The van der Waals surface area contributed by atoms with Crippen molar-refractivity contribution in [2.45, 2.75) is 18.9 Å². The lowest BCUT2D eigenvalue weighted by Crippen LogP contribution is -2.16. The Morgan fingerprint density at radius 3 is 2.93 bits per heavy atom. The fourth-order valence-electron chi connectivity index (χ4n) is 1.43. The summed E-state index contributed by atoms with van der Waals surface area (Å²) in [5.74, 6) is 2.67. The summed E-state index contributed by atoms with van der Waals surface area (Å²) in [5.41, 5.74) is 1.31. The first-order valence-electron chi connectivity index (χ1n) is 4.64. The number of benzene rings is 1. The maximum absolute atomic E-state index is 5.26. The second-order valence-electron chi connectivity index (χ2n) is 3.14. The molecule has 1 nitrogen and oxygen atoms in total. The summed E-state index contributed by atoms with van der Waals surface area (Å²) in [5, 5.41) is 3.28. The number of halogens is 1. The lowest BCUT2D eigenvalue weighted by atomic mass is 10.0.